The third kappa shape index (κ3) is 92.3. The van der Waals surface area contributed by atoms with Gasteiger partial charge in [0, 0.05) is 19.3 Å². The molecule has 0 saturated heterocycles. The van der Waals surface area contributed by atoms with Gasteiger partial charge in [-0.05, 0) is 19.3 Å². The first-order chi connectivity index (χ1) is 18.8. The standard InChI is InChI=1S/3C5H9NO4.3CH3NS2.Ce/c3*6-3(5(9)10)1-2-4(7)8;3*2-1(3)4;/h3*3H,1-2,6H2,(H,7,8)(H,9,10);3*(H3,2,3,4);/q;;;;;;+3/p-3. The Hall–Kier alpha value is -1.59. The Labute approximate surface area is 312 Å². The van der Waals surface area contributed by atoms with E-state index in [4.69, 9.17) is 47.8 Å². The summed E-state index contributed by atoms with van der Waals surface area (Å²) in [5.41, 5.74) is 29.0. The van der Waals surface area contributed by atoms with Crippen molar-refractivity contribution in [3.63, 3.8) is 0 Å². The molecule has 0 aromatic rings. The van der Waals surface area contributed by atoms with Gasteiger partial charge in [0.2, 0.25) is 0 Å². The van der Waals surface area contributed by atoms with Crippen LogP contribution in [-0.2, 0) is 66.7 Å². The Balaban J connectivity index is -0.0000000755. The fourth-order valence-corrected chi connectivity index (χ4v) is 1.21. The molecule has 247 valence electrons. The fourth-order valence-electron chi connectivity index (χ4n) is 1.21. The molecule has 0 spiro atoms. The molecule has 0 aromatic heterocycles. The van der Waals surface area contributed by atoms with E-state index in [0.29, 0.717) is 0 Å². The van der Waals surface area contributed by atoms with E-state index in [0.717, 1.165) is 0 Å². The number of carboxylic acids is 6. The molecule has 1 radical (unpaired) electrons. The molecule has 0 bridgehead atoms. The smallest absolute Gasteiger partial charge is 0.481 e. The van der Waals surface area contributed by atoms with E-state index in [2.05, 4.69) is 91.7 Å². The van der Waals surface area contributed by atoms with Crippen molar-refractivity contribution in [3.05, 3.63) is 0 Å². The van der Waals surface area contributed by atoms with E-state index in [-0.39, 0.29) is 93.2 Å². The number of aliphatic carboxylic acids is 6. The predicted octanol–water partition coefficient (Wildman–Crippen LogP) is -2.88. The first-order valence-electron chi connectivity index (χ1n) is 10.3. The Morgan fingerprint density at radius 2 is 0.605 bits per heavy atom. The van der Waals surface area contributed by atoms with Crippen molar-refractivity contribution in [1.82, 2.24) is 0 Å². The zero-order valence-corrected chi connectivity index (χ0v) is 30.1. The molecule has 3 atom stereocenters. The molecule has 43 heavy (non-hydrogen) atoms. The van der Waals surface area contributed by atoms with Crippen LogP contribution in [-0.4, -0.2) is 97.5 Å². The zero-order valence-electron chi connectivity index (χ0n) is 22.0. The SMILES string of the molecule is NC(=S)[S-].NC(=S)[S-].NC(=S)[S-].NC(CCC(=O)O)C(=O)O.NC(CCC(=O)O)C(=O)O.NC(CCC(=O)O)C(=O)O.[Ce+3]. The summed E-state index contributed by atoms with van der Waals surface area (Å²) in [6, 6.07) is -3.18. The minimum atomic E-state index is -1.17. The number of carbonyl (C=O) groups is 6. The van der Waals surface area contributed by atoms with Crippen LogP contribution in [0.1, 0.15) is 38.5 Å². The van der Waals surface area contributed by atoms with E-state index in [1.807, 2.05) is 0 Å². The largest absolute Gasteiger partial charge is 3.00 e. The monoisotopic (exact) mass is 857 g/mol. The maximum absolute atomic E-state index is 9.99. The molecule has 0 aliphatic rings. The van der Waals surface area contributed by atoms with E-state index in [1.54, 1.807) is 0 Å². The third-order valence-corrected chi connectivity index (χ3v) is 2.96. The number of rotatable bonds is 12. The van der Waals surface area contributed by atoms with Crippen LogP contribution in [0.3, 0.4) is 0 Å². The van der Waals surface area contributed by atoms with Crippen LogP contribution in [0.15, 0.2) is 0 Å². The molecule has 0 fully saturated rings. The van der Waals surface area contributed by atoms with Gasteiger partial charge < -0.3 is 140 Å². The number of nitrogens with two attached hydrogens (primary N) is 6. The van der Waals surface area contributed by atoms with Gasteiger partial charge in [0.25, 0.3) is 0 Å². The van der Waals surface area contributed by atoms with Crippen LogP contribution < -0.4 is 34.4 Å². The number of carboxylic acid groups (broad SMARTS) is 6. The molecule has 0 amide bonds. The molecule has 18 N–H and O–H groups in total. The van der Waals surface area contributed by atoms with E-state index in [9.17, 15) is 28.8 Å². The molecule has 25 heteroatoms. The minimum Gasteiger partial charge on any atom is -0.481 e. The molecule has 3 unspecified atom stereocenters. The van der Waals surface area contributed by atoms with Crippen LogP contribution in [0, 0.1) is 41.7 Å². The summed E-state index contributed by atoms with van der Waals surface area (Å²) in [7, 11) is 0. The van der Waals surface area contributed by atoms with Crippen molar-refractivity contribution >= 4 is 123 Å². The van der Waals surface area contributed by atoms with Crippen molar-refractivity contribution < 1.29 is 101 Å². The van der Waals surface area contributed by atoms with Gasteiger partial charge in [0.15, 0.2) is 0 Å². The van der Waals surface area contributed by atoms with E-state index >= 15 is 0 Å². The molecule has 0 rings (SSSR count). The van der Waals surface area contributed by atoms with Gasteiger partial charge in [0.05, 0.1) is 0 Å². The van der Waals surface area contributed by atoms with Crippen LogP contribution in [0.5, 0.6) is 0 Å². The van der Waals surface area contributed by atoms with Crippen molar-refractivity contribution in [2.45, 2.75) is 56.7 Å². The second kappa shape index (κ2) is 38.4. The van der Waals surface area contributed by atoms with Crippen molar-refractivity contribution in [1.29, 1.82) is 0 Å². The van der Waals surface area contributed by atoms with Crippen molar-refractivity contribution in [3.8, 4) is 0 Å². The summed E-state index contributed by atoms with van der Waals surface area (Å²) in [4.78, 5) is 59.6. The molecule has 18 nitrogen and oxygen atoms in total. The Bertz CT molecular complexity index is 770. The molecule has 0 heterocycles. The quantitative estimate of drug-likeness (QED) is 0.0693. The summed E-state index contributed by atoms with van der Waals surface area (Å²) in [5.74, 6) is -6.59. The minimum absolute atomic E-state index is 0. The molecule has 0 aliphatic carbocycles. The molecular formula is C18H33CeN6O12S6. The van der Waals surface area contributed by atoms with Crippen molar-refractivity contribution in [2.75, 3.05) is 0 Å². The van der Waals surface area contributed by atoms with Crippen molar-refractivity contribution in [2.24, 2.45) is 34.4 Å². The Kier molecular flexibility index (Phi) is 51.0. The second-order valence-electron chi connectivity index (χ2n) is 6.59. The normalized spacial score (nSPS) is 10.4. The first-order valence-corrected chi connectivity index (χ1v) is 12.8. The maximum atomic E-state index is 9.99. The second-order valence-corrected chi connectivity index (χ2v) is 10.0. The number of hydrogen-bond acceptors (Lipinski definition) is 15. The Morgan fingerprint density at radius 1 is 0.488 bits per heavy atom. The number of thiocarbonyl (C=S) groups is 3. The van der Waals surface area contributed by atoms with Gasteiger partial charge in [-0.1, -0.05) is 13.0 Å². The maximum Gasteiger partial charge on any atom is 3.00 e. The van der Waals surface area contributed by atoms with Crippen LogP contribution in [0.25, 0.3) is 0 Å². The summed E-state index contributed by atoms with van der Waals surface area (Å²) >= 11 is 24.8. The number of hydrogen-bond donors (Lipinski definition) is 12. The van der Waals surface area contributed by atoms with Gasteiger partial charge in [-0.2, -0.15) is 0 Å². The predicted molar refractivity (Wildman–Crippen MR) is 170 cm³/mol. The fraction of sp³-hybridized carbons (Fsp3) is 0.500. The summed E-state index contributed by atoms with van der Waals surface area (Å²) in [6.45, 7) is 0. The topological polar surface area (TPSA) is 380 Å². The van der Waals surface area contributed by atoms with Gasteiger partial charge >= 0.3 is 77.6 Å². The van der Waals surface area contributed by atoms with Gasteiger partial charge in [-0.3, -0.25) is 28.8 Å². The van der Waals surface area contributed by atoms with Crippen LogP contribution in [0.2, 0.25) is 0 Å². The van der Waals surface area contributed by atoms with Crippen LogP contribution >= 0.6 is 36.7 Å². The summed E-state index contributed by atoms with van der Waals surface area (Å²) in [6.07, 6.45) is -0.672. The average molecular weight is 858 g/mol. The average Bonchev–Trinajstić information content (AvgIpc) is 2.78. The molecular weight excluding hydrogens is 825 g/mol. The van der Waals surface area contributed by atoms with E-state index in [1.165, 1.54) is 0 Å². The summed E-state index contributed by atoms with van der Waals surface area (Å²) < 4.78 is 0.250. The van der Waals surface area contributed by atoms with Gasteiger partial charge in [-0.25, -0.2) is 0 Å². The zero-order chi connectivity index (χ0) is 35.2. The molecule has 0 saturated carbocycles. The van der Waals surface area contributed by atoms with Gasteiger partial charge in [0.1, 0.15) is 18.1 Å². The van der Waals surface area contributed by atoms with E-state index < -0.39 is 53.9 Å². The van der Waals surface area contributed by atoms with Gasteiger partial charge in [-0.15, -0.1) is 0 Å². The molecule has 0 aliphatic heterocycles. The summed E-state index contributed by atoms with van der Waals surface area (Å²) in [5, 5.41) is 48.8. The molecule has 0 aromatic carbocycles. The third-order valence-electron chi connectivity index (χ3n) is 2.96. The first kappa shape index (κ1) is 57.1. The Morgan fingerprint density at radius 3 is 0.674 bits per heavy atom. The van der Waals surface area contributed by atoms with Crippen LogP contribution in [0.4, 0.5) is 0 Å².